The summed E-state index contributed by atoms with van der Waals surface area (Å²) >= 11 is 6.66. The molecule has 0 aliphatic carbocycles. The Labute approximate surface area is 110 Å². The number of pyridine rings is 1. The summed E-state index contributed by atoms with van der Waals surface area (Å²) in [6, 6.07) is 9.85. The predicted molar refractivity (Wildman–Crippen MR) is 76.6 cm³/mol. The molecule has 0 spiro atoms. The van der Waals surface area contributed by atoms with E-state index < -0.39 is 0 Å². The number of thiophene rings is 1. The summed E-state index contributed by atoms with van der Waals surface area (Å²) in [7, 11) is 2.01. The Morgan fingerprint density at radius 1 is 1.41 bits per heavy atom. The second-order valence-electron chi connectivity index (χ2n) is 3.68. The first-order valence-electron chi connectivity index (χ1n) is 5.17. The molecule has 88 valence electrons. The third-order valence-electron chi connectivity index (χ3n) is 2.35. The zero-order chi connectivity index (χ0) is 12.3. The summed E-state index contributed by atoms with van der Waals surface area (Å²) in [5.74, 6) is 0.878. The van der Waals surface area contributed by atoms with Gasteiger partial charge >= 0.3 is 0 Å². The molecule has 0 bridgehead atoms. The molecule has 0 atom stereocenters. The topological polar surface area (TPSA) is 42.1 Å². The summed E-state index contributed by atoms with van der Waals surface area (Å²) < 4.78 is 0. The Kier molecular flexibility index (Phi) is 3.71. The van der Waals surface area contributed by atoms with Crippen molar-refractivity contribution in [2.75, 3.05) is 11.9 Å². The molecule has 0 aliphatic heterocycles. The van der Waals surface area contributed by atoms with E-state index in [0.717, 1.165) is 12.4 Å². The van der Waals surface area contributed by atoms with Crippen molar-refractivity contribution in [1.29, 1.82) is 0 Å². The van der Waals surface area contributed by atoms with Crippen molar-refractivity contribution in [3.63, 3.8) is 0 Å². The Morgan fingerprint density at radius 2 is 2.24 bits per heavy atom. The van der Waals surface area contributed by atoms with E-state index in [1.54, 1.807) is 11.3 Å². The van der Waals surface area contributed by atoms with Crippen LogP contribution in [0.25, 0.3) is 0 Å². The number of aromatic nitrogens is 1. The molecule has 0 saturated heterocycles. The molecule has 0 aliphatic rings. The van der Waals surface area contributed by atoms with E-state index in [1.807, 2.05) is 31.3 Å². The molecule has 0 radical (unpaired) electrons. The van der Waals surface area contributed by atoms with Crippen LogP contribution in [0.4, 0.5) is 5.82 Å². The minimum atomic E-state index is 0.330. The third kappa shape index (κ3) is 3.01. The fourth-order valence-electron chi connectivity index (χ4n) is 1.49. The van der Waals surface area contributed by atoms with Crippen LogP contribution in [0, 0.1) is 0 Å². The number of nitrogens with two attached hydrogens (primary N) is 1. The van der Waals surface area contributed by atoms with Gasteiger partial charge in [-0.3, -0.25) is 0 Å². The lowest BCUT2D eigenvalue weighted by molar-refractivity contribution is 0.911. The zero-order valence-corrected chi connectivity index (χ0v) is 11.1. The van der Waals surface area contributed by atoms with E-state index in [9.17, 15) is 0 Å². The highest BCUT2D eigenvalue weighted by molar-refractivity contribution is 7.80. The monoisotopic (exact) mass is 263 g/mol. The molecule has 2 rings (SSSR count). The van der Waals surface area contributed by atoms with Crippen LogP contribution in [0.1, 0.15) is 10.6 Å². The first-order chi connectivity index (χ1) is 8.16. The lowest BCUT2D eigenvalue weighted by atomic mass is 10.3. The van der Waals surface area contributed by atoms with E-state index in [-0.39, 0.29) is 0 Å². The van der Waals surface area contributed by atoms with Crippen molar-refractivity contribution in [2.24, 2.45) is 5.73 Å². The zero-order valence-electron chi connectivity index (χ0n) is 9.46. The van der Waals surface area contributed by atoms with Gasteiger partial charge in [-0.2, -0.15) is 0 Å². The molecule has 17 heavy (non-hydrogen) atoms. The van der Waals surface area contributed by atoms with Crippen molar-refractivity contribution >= 4 is 34.4 Å². The highest BCUT2D eigenvalue weighted by Crippen LogP contribution is 2.16. The second kappa shape index (κ2) is 5.25. The van der Waals surface area contributed by atoms with Crippen molar-refractivity contribution in [1.82, 2.24) is 4.98 Å². The summed E-state index contributed by atoms with van der Waals surface area (Å²) in [5, 5.41) is 2.07. The first kappa shape index (κ1) is 12.0. The maximum atomic E-state index is 5.57. The molecule has 5 heteroatoms. The Morgan fingerprint density at radius 3 is 2.88 bits per heavy atom. The average molecular weight is 263 g/mol. The third-order valence-corrected chi connectivity index (χ3v) is 3.42. The molecule has 2 aromatic rings. The van der Waals surface area contributed by atoms with Gasteiger partial charge < -0.3 is 10.6 Å². The number of thiocarbonyl (C=S) groups is 1. The molecule has 0 amide bonds. The van der Waals surface area contributed by atoms with Gasteiger partial charge in [0.15, 0.2) is 0 Å². The van der Waals surface area contributed by atoms with Gasteiger partial charge in [0.2, 0.25) is 0 Å². The maximum Gasteiger partial charge on any atom is 0.129 e. The van der Waals surface area contributed by atoms with Crippen molar-refractivity contribution < 1.29 is 0 Å². The summed E-state index contributed by atoms with van der Waals surface area (Å²) in [6.45, 7) is 0.839. The fraction of sp³-hybridized carbons (Fsp3) is 0.167. The number of rotatable bonds is 4. The molecular weight excluding hydrogens is 250 g/mol. The van der Waals surface area contributed by atoms with Crippen molar-refractivity contribution in [3.05, 3.63) is 46.3 Å². The largest absolute Gasteiger partial charge is 0.388 e. The van der Waals surface area contributed by atoms with E-state index >= 15 is 0 Å². The Balaban J connectivity index is 2.16. The van der Waals surface area contributed by atoms with Crippen LogP contribution in [0.2, 0.25) is 0 Å². The fourth-order valence-corrected chi connectivity index (χ4v) is 2.36. The van der Waals surface area contributed by atoms with E-state index in [1.165, 1.54) is 4.88 Å². The Bertz CT molecular complexity index is 508. The molecule has 2 N–H and O–H groups in total. The van der Waals surface area contributed by atoms with Crippen LogP contribution < -0.4 is 10.6 Å². The van der Waals surface area contributed by atoms with Crippen molar-refractivity contribution in [2.45, 2.75) is 6.54 Å². The van der Waals surface area contributed by atoms with Crippen LogP contribution in [-0.4, -0.2) is 17.0 Å². The Hall–Kier alpha value is -1.46. The van der Waals surface area contributed by atoms with Gasteiger partial charge in [-0.25, -0.2) is 4.98 Å². The SMILES string of the molecule is CN(Cc1cccs1)c1cccc(C(N)=S)n1. The van der Waals surface area contributed by atoms with Gasteiger partial charge in [0.05, 0.1) is 12.2 Å². The van der Waals surface area contributed by atoms with Crippen LogP contribution in [0.5, 0.6) is 0 Å². The quantitative estimate of drug-likeness (QED) is 0.860. The number of hydrogen-bond donors (Lipinski definition) is 1. The lowest BCUT2D eigenvalue weighted by Crippen LogP contribution is -2.19. The molecular formula is C12H13N3S2. The molecule has 0 aromatic carbocycles. The van der Waals surface area contributed by atoms with E-state index in [0.29, 0.717) is 10.7 Å². The van der Waals surface area contributed by atoms with Gasteiger partial charge in [-0.05, 0) is 23.6 Å². The van der Waals surface area contributed by atoms with E-state index in [2.05, 4.69) is 21.3 Å². The molecule has 0 fully saturated rings. The minimum absolute atomic E-state index is 0.330. The second-order valence-corrected chi connectivity index (χ2v) is 5.15. The smallest absolute Gasteiger partial charge is 0.129 e. The lowest BCUT2D eigenvalue weighted by Gasteiger charge is -2.17. The van der Waals surface area contributed by atoms with Gasteiger partial charge in [-0.15, -0.1) is 11.3 Å². The van der Waals surface area contributed by atoms with Crippen LogP contribution in [-0.2, 0) is 6.54 Å². The number of anilines is 1. The maximum absolute atomic E-state index is 5.57. The first-order valence-corrected chi connectivity index (χ1v) is 6.46. The normalized spacial score (nSPS) is 10.2. The molecule has 2 aromatic heterocycles. The van der Waals surface area contributed by atoms with Crippen molar-refractivity contribution in [3.8, 4) is 0 Å². The highest BCUT2D eigenvalue weighted by atomic mass is 32.1. The molecule has 2 heterocycles. The number of nitrogens with zero attached hydrogens (tertiary/aromatic N) is 2. The molecule has 3 nitrogen and oxygen atoms in total. The van der Waals surface area contributed by atoms with Crippen LogP contribution in [0.15, 0.2) is 35.7 Å². The van der Waals surface area contributed by atoms with Gasteiger partial charge in [0, 0.05) is 11.9 Å². The van der Waals surface area contributed by atoms with Crippen LogP contribution in [0.3, 0.4) is 0 Å². The highest BCUT2D eigenvalue weighted by Gasteiger charge is 2.06. The van der Waals surface area contributed by atoms with Crippen LogP contribution >= 0.6 is 23.6 Å². The van der Waals surface area contributed by atoms with E-state index in [4.69, 9.17) is 18.0 Å². The summed E-state index contributed by atoms with van der Waals surface area (Å²) in [4.78, 5) is 8.12. The average Bonchev–Trinajstić information content (AvgIpc) is 2.82. The van der Waals surface area contributed by atoms with Gasteiger partial charge in [-0.1, -0.05) is 24.4 Å². The summed E-state index contributed by atoms with van der Waals surface area (Å²) in [5.41, 5.74) is 6.23. The van der Waals surface area contributed by atoms with Gasteiger partial charge in [0.25, 0.3) is 0 Å². The van der Waals surface area contributed by atoms with Gasteiger partial charge in [0.1, 0.15) is 10.8 Å². The summed E-state index contributed by atoms with van der Waals surface area (Å²) in [6.07, 6.45) is 0. The standard InChI is InChI=1S/C12H13N3S2/c1-15(8-9-4-3-7-17-9)11-6-2-5-10(14-11)12(13)16/h2-7H,8H2,1H3,(H2,13,16). The molecule has 0 unspecified atom stereocenters. The number of hydrogen-bond acceptors (Lipinski definition) is 4. The molecule has 0 saturated carbocycles. The minimum Gasteiger partial charge on any atom is -0.388 e. The predicted octanol–water partition coefficient (Wildman–Crippen LogP) is 2.41.